The van der Waals surface area contributed by atoms with Crippen molar-refractivity contribution in [1.29, 1.82) is 0 Å². The lowest BCUT2D eigenvalue weighted by Crippen LogP contribution is -2.37. The van der Waals surface area contributed by atoms with Crippen molar-refractivity contribution in [3.63, 3.8) is 0 Å². The first kappa shape index (κ1) is 20.5. The van der Waals surface area contributed by atoms with Gasteiger partial charge >= 0.3 is 0 Å². The molecule has 1 amide bonds. The van der Waals surface area contributed by atoms with Gasteiger partial charge in [0.25, 0.3) is 5.91 Å². The number of aliphatic hydroxyl groups is 1. The van der Waals surface area contributed by atoms with Crippen molar-refractivity contribution in [2.75, 3.05) is 31.7 Å². The molecule has 3 rings (SSSR count). The van der Waals surface area contributed by atoms with Gasteiger partial charge in [0.1, 0.15) is 18.5 Å². The number of hydrogen-bond donors (Lipinski definition) is 5. The van der Waals surface area contributed by atoms with E-state index in [-0.39, 0.29) is 18.2 Å². The second-order valence-corrected chi connectivity index (χ2v) is 6.33. The predicted octanol–water partition coefficient (Wildman–Crippen LogP) is 0.675. The highest BCUT2D eigenvalue weighted by atomic mass is 16.5. The number of amides is 1. The summed E-state index contributed by atoms with van der Waals surface area (Å²) in [6.07, 6.45) is -0.656. The molecule has 0 spiro atoms. The third-order valence-corrected chi connectivity index (χ3v) is 4.19. The number of hydrogen-bond acceptors (Lipinski definition) is 8. The Morgan fingerprint density at radius 1 is 1.03 bits per heavy atom. The molecule has 1 heterocycles. The van der Waals surface area contributed by atoms with Crippen molar-refractivity contribution in [3.8, 4) is 5.75 Å². The minimum absolute atomic E-state index is 0.187. The van der Waals surface area contributed by atoms with E-state index in [0.717, 1.165) is 5.39 Å². The van der Waals surface area contributed by atoms with Gasteiger partial charge in [-0.25, -0.2) is 5.84 Å². The molecule has 2 aromatic carbocycles. The van der Waals surface area contributed by atoms with E-state index in [9.17, 15) is 9.90 Å². The summed E-state index contributed by atoms with van der Waals surface area (Å²) in [6.45, 7) is 1.40. The van der Waals surface area contributed by atoms with Crippen LogP contribution in [0.15, 0.2) is 54.6 Å². The number of nitrogens with one attached hydrogen (secondary N) is 3. The standard InChI is InChI=1S/C20H24N6O3/c21-24-19-17-9-5-4-8-16(17)18(25-26-19)20(28)23-11-10-22-12-14(27)13-29-15-6-2-1-3-7-15/h1-9,14,22,27H,10-13,21H2,(H,23,28)(H,24,26). The van der Waals surface area contributed by atoms with Crippen LogP contribution < -0.4 is 26.6 Å². The molecule has 3 aromatic rings. The highest BCUT2D eigenvalue weighted by Gasteiger charge is 2.14. The molecule has 0 bridgehead atoms. The van der Waals surface area contributed by atoms with Gasteiger partial charge in [-0.05, 0) is 12.1 Å². The highest BCUT2D eigenvalue weighted by molar-refractivity contribution is 6.07. The Morgan fingerprint density at radius 3 is 2.52 bits per heavy atom. The van der Waals surface area contributed by atoms with Crippen LogP contribution in [0.5, 0.6) is 5.75 Å². The monoisotopic (exact) mass is 396 g/mol. The summed E-state index contributed by atoms with van der Waals surface area (Å²) >= 11 is 0. The molecular formula is C20H24N6O3. The molecule has 0 radical (unpaired) electrons. The molecule has 6 N–H and O–H groups in total. The van der Waals surface area contributed by atoms with Crippen molar-refractivity contribution in [3.05, 3.63) is 60.3 Å². The summed E-state index contributed by atoms with van der Waals surface area (Å²) in [6, 6.07) is 16.6. The van der Waals surface area contributed by atoms with E-state index < -0.39 is 6.10 Å². The Bertz CT molecular complexity index is 938. The van der Waals surface area contributed by atoms with Gasteiger partial charge in [0.2, 0.25) is 0 Å². The first-order valence-electron chi connectivity index (χ1n) is 9.26. The number of aromatic nitrogens is 2. The lowest BCUT2D eigenvalue weighted by molar-refractivity contribution is 0.0946. The van der Waals surface area contributed by atoms with Gasteiger partial charge in [-0.1, -0.05) is 42.5 Å². The number of para-hydroxylation sites is 1. The van der Waals surface area contributed by atoms with Crippen LogP contribution in [0.2, 0.25) is 0 Å². The maximum atomic E-state index is 12.5. The maximum absolute atomic E-state index is 12.5. The number of nitrogens with zero attached hydrogens (tertiary/aromatic N) is 2. The smallest absolute Gasteiger partial charge is 0.272 e. The van der Waals surface area contributed by atoms with E-state index in [1.165, 1.54) is 0 Å². The van der Waals surface area contributed by atoms with Gasteiger partial charge in [0, 0.05) is 30.4 Å². The zero-order chi connectivity index (χ0) is 20.5. The van der Waals surface area contributed by atoms with E-state index in [4.69, 9.17) is 10.6 Å². The quantitative estimate of drug-likeness (QED) is 0.192. The van der Waals surface area contributed by atoms with Crippen LogP contribution in [0.3, 0.4) is 0 Å². The first-order chi connectivity index (χ1) is 14.2. The SMILES string of the molecule is NNc1nnc(C(=O)NCCNCC(O)COc2ccccc2)c2ccccc12. The van der Waals surface area contributed by atoms with Crippen LogP contribution in [0.1, 0.15) is 10.5 Å². The van der Waals surface area contributed by atoms with Gasteiger partial charge in [-0.3, -0.25) is 4.79 Å². The molecule has 9 heteroatoms. The Hall–Kier alpha value is -3.27. The number of benzene rings is 2. The van der Waals surface area contributed by atoms with E-state index in [1.807, 2.05) is 48.5 Å². The van der Waals surface area contributed by atoms with E-state index in [2.05, 4.69) is 26.3 Å². The highest BCUT2D eigenvalue weighted by Crippen LogP contribution is 2.21. The lowest BCUT2D eigenvalue weighted by Gasteiger charge is -2.13. The molecule has 0 aliphatic rings. The number of rotatable bonds is 10. The number of nitrogens with two attached hydrogens (primary N) is 1. The zero-order valence-corrected chi connectivity index (χ0v) is 15.8. The molecule has 152 valence electrons. The number of aliphatic hydroxyl groups excluding tert-OH is 1. The Morgan fingerprint density at radius 2 is 1.76 bits per heavy atom. The summed E-state index contributed by atoms with van der Waals surface area (Å²) < 4.78 is 5.49. The van der Waals surface area contributed by atoms with E-state index >= 15 is 0 Å². The fraction of sp³-hybridized carbons (Fsp3) is 0.250. The Balaban J connectivity index is 1.42. The molecule has 0 saturated carbocycles. The second kappa shape index (κ2) is 10.3. The number of hydrazine groups is 1. The molecule has 0 aliphatic carbocycles. The van der Waals surface area contributed by atoms with Crippen LogP contribution in [0.4, 0.5) is 5.82 Å². The molecule has 29 heavy (non-hydrogen) atoms. The van der Waals surface area contributed by atoms with Crippen LogP contribution in [0.25, 0.3) is 10.8 Å². The molecular weight excluding hydrogens is 372 g/mol. The average Bonchev–Trinajstić information content (AvgIpc) is 2.77. The van der Waals surface area contributed by atoms with Crippen molar-refractivity contribution in [2.24, 2.45) is 5.84 Å². The van der Waals surface area contributed by atoms with Crippen LogP contribution in [0, 0.1) is 0 Å². The summed E-state index contributed by atoms with van der Waals surface area (Å²) in [5.41, 5.74) is 2.71. The molecule has 0 aliphatic heterocycles. The molecule has 0 fully saturated rings. The second-order valence-electron chi connectivity index (χ2n) is 6.33. The van der Waals surface area contributed by atoms with Crippen molar-refractivity contribution in [1.82, 2.24) is 20.8 Å². The molecule has 1 atom stereocenters. The number of anilines is 1. The van der Waals surface area contributed by atoms with E-state index in [1.54, 1.807) is 6.07 Å². The summed E-state index contributed by atoms with van der Waals surface area (Å²) in [4.78, 5) is 12.5. The minimum atomic E-state index is -0.656. The maximum Gasteiger partial charge on any atom is 0.272 e. The van der Waals surface area contributed by atoms with Crippen molar-refractivity contribution in [2.45, 2.75) is 6.10 Å². The van der Waals surface area contributed by atoms with Crippen LogP contribution in [-0.4, -0.2) is 53.6 Å². The van der Waals surface area contributed by atoms with Crippen molar-refractivity contribution < 1.29 is 14.6 Å². The molecule has 0 saturated heterocycles. The predicted molar refractivity (Wildman–Crippen MR) is 110 cm³/mol. The van der Waals surface area contributed by atoms with E-state index in [0.29, 0.717) is 36.6 Å². The van der Waals surface area contributed by atoms with Crippen molar-refractivity contribution >= 4 is 22.5 Å². The van der Waals surface area contributed by atoms with Gasteiger partial charge < -0.3 is 25.9 Å². The first-order valence-corrected chi connectivity index (χ1v) is 9.26. The average molecular weight is 396 g/mol. The van der Waals surface area contributed by atoms with Crippen LogP contribution >= 0.6 is 0 Å². The number of carbonyl (C=O) groups is 1. The van der Waals surface area contributed by atoms with Gasteiger partial charge in [-0.15, -0.1) is 10.2 Å². The third-order valence-electron chi connectivity index (χ3n) is 4.19. The number of ether oxygens (including phenoxy) is 1. The zero-order valence-electron chi connectivity index (χ0n) is 15.8. The number of carbonyl (C=O) groups excluding carboxylic acids is 1. The number of nitrogen functional groups attached to an aromatic ring is 1. The third kappa shape index (κ3) is 5.61. The Labute approximate surface area is 168 Å². The fourth-order valence-electron chi connectivity index (χ4n) is 2.76. The van der Waals surface area contributed by atoms with Crippen LogP contribution in [-0.2, 0) is 0 Å². The summed E-state index contributed by atoms with van der Waals surface area (Å²) in [5, 5.41) is 25.1. The molecule has 9 nitrogen and oxygen atoms in total. The molecule has 1 unspecified atom stereocenters. The normalized spacial score (nSPS) is 11.8. The van der Waals surface area contributed by atoms with Gasteiger partial charge in [0.15, 0.2) is 11.5 Å². The topological polar surface area (TPSA) is 134 Å². The summed E-state index contributed by atoms with van der Waals surface area (Å²) in [7, 11) is 0. The van der Waals surface area contributed by atoms with Gasteiger partial charge in [-0.2, -0.15) is 0 Å². The fourth-order valence-corrected chi connectivity index (χ4v) is 2.76. The lowest BCUT2D eigenvalue weighted by atomic mass is 10.1. The minimum Gasteiger partial charge on any atom is -0.491 e. The van der Waals surface area contributed by atoms with Gasteiger partial charge in [0.05, 0.1) is 0 Å². The number of fused-ring (bicyclic) bond motifs is 1. The molecule has 1 aromatic heterocycles. The largest absolute Gasteiger partial charge is 0.491 e. The Kier molecular flexibility index (Phi) is 7.28. The summed E-state index contributed by atoms with van der Waals surface area (Å²) in [5.74, 6) is 6.24.